The summed E-state index contributed by atoms with van der Waals surface area (Å²) in [7, 11) is 0. The van der Waals surface area contributed by atoms with Crippen LogP contribution in [0.4, 0.5) is 4.79 Å². The van der Waals surface area contributed by atoms with E-state index in [0.29, 0.717) is 24.4 Å². The Labute approximate surface area is 90.1 Å². The van der Waals surface area contributed by atoms with Gasteiger partial charge in [0.05, 0.1) is 0 Å². The van der Waals surface area contributed by atoms with Crippen molar-refractivity contribution in [3.05, 3.63) is 36.6 Å². The van der Waals surface area contributed by atoms with E-state index in [0.717, 1.165) is 0 Å². The van der Waals surface area contributed by atoms with Gasteiger partial charge in [0.15, 0.2) is 0 Å². The van der Waals surface area contributed by atoms with Gasteiger partial charge in [0, 0.05) is 24.4 Å². The summed E-state index contributed by atoms with van der Waals surface area (Å²) < 4.78 is 0. The highest BCUT2D eigenvalue weighted by atomic mass is 16.2. The molecule has 1 saturated heterocycles. The molecule has 2 amide bonds. The third-order valence-corrected chi connectivity index (χ3v) is 1.97. The summed E-state index contributed by atoms with van der Waals surface area (Å²) in [5.41, 5.74) is 1.36. The molecule has 0 aromatic rings. The van der Waals surface area contributed by atoms with E-state index in [1.54, 1.807) is 24.0 Å². The molecular weight excluding hydrogens is 188 g/mol. The maximum atomic E-state index is 11.3. The molecule has 0 spiro atoms. The second-order valence-electron chi connectivity index (χ2n) is 3.11. The van der Waals surface area contributed by atoms with Crippen LogP contribution in [-0.4, -0.2) is 24.0 Å². The number of nitrogens with one attached hydrogen (secondary N) is 1. The fraction of sp³-hybridized carbons (Fsp3) is 0.250. The Morgan fingerprint density at radius 3 is 2.80 bits per heavy atom. The summed E-state index contributed by atoms with van der Waals surface area (Å²) >= 11 is 0. The van der Waals surface area contributed by atoms with Gasteiger partial charge in [-0.25, -0.2) is 4.79 Å². The van der Waals surface area contributed by atoms with Crippen molar-refractivity contribution in [3.8, 4) is 11.8 Å². The van der Waals surface area contributed by atoms with E-state index in [-0.39, 0.29) is 6.03 Å². The lowest BCUT2D eigenvalue weighted by Crippen LogP contribution is -2.26. The number of hydrogen-bond acceptors (Lipinski definition) is 1. The number of nitrogens with zero attached hydrogens (tertiary/aromatic N) is 1. The van der Waals surface area contributed by atoms with E-state index in [1.165, 1.54) is 0 Å². The summed E-state index contributed by atoms with van der Waals surface area (Å²) in [6.07, 6.45) is 3.50. The first-order valence-electron chi connectivity index (χ1n) is 4.69. The number of amides is 2. The van der Waals surface area contributed by atoms with Gasteiger partial charge in [-0.3, -0.25) is 4.90 Å². The monoisotopic (exact) mass is 202 g/mol. The van der Waals surface area contributed by atoms with Gasteiger partial charge in [-0.15, -0.1) is 5.92 Å². The highest BCUT2D eigenvalue weighted by molar-refractivity contribution is 5.78. The highest BCUT2D eigenvalue weighted by Crippen LogP contribution is 2.08. The van der Waals surface area contributed by atoms with Gasteiger partial charge in [0.25, 0.3) is 0 Å². The summed E-state index contributed by atoms with van der Waals surface area (Å²) in [5.74, 6) is 5.56. The minimum atomic E-state index is -0.100. The molecule has 1 rings (SSSR count). The first kappa shape index (κ1) is 11.1. The van der Waals surface area contributed by atoms with Crippen molar-refractivity contribution < 1.29 is 4.79 Å². The lowest BCUT2D eigenvalue weighted by molar-refractivity contribution is 0.228. The van der Waals surface area contributed by atoms with Crippen molar-refractivity contribution >= 4 is 6.03 Å². The van der Waals surface area contributed by atoms with E-state index in [1.807, 2.05) is 0 Å². The van der Waals surface area contributed by atoms with Gasteiger partial charge in [0.2, 0.25) is 0 Å². The molecule has 0 saturated carbocycles. The molecule has 1 aliphatic heterocycles. The van der Waals surface area contributed by atoms with Gasteiger partial charge in [-0.2, -0.15) is 0 Å². The maximum absolute atomic E-state index is 11.3. The van der Waals surface area contributed by atoms with E-state index in [9.17, 15) is 4.79 Å². The van der Waals surface area contributed by atoms with Crippen molar-refractivity contribution in [1.82, 2.24) is 10.2 Å². The van der Waals surface area contributed by atoms with Crippen LogP contribution in [0.2, 0.25) is 0 Å². The van der Waals surface area contributed by atoms with Gasteiger partial charge in [-0.1, -0.05) is 19.1 Å². The van der Waals surface area contributed by atoms with Gasteiger partial charge in [0.1, 0.15) is 0 Å². The fourth-order valence-corrected chi connectivity index (χ4v) is 1.23. The molecule has 1 fully saturated rings. The molecule has 0 aromatic carbocycles. The summed E-state index contributed by atoms with van der Waals surface area (Å²) in [6.45, 7) is 10.6. The zero-order valence-corrected chi connectivity index (χ0v) is 8.84. The Balaban J connectivity index is 2.57. The van der Waals surface area contributed by atoms with E-state index >= 15 is 0 Å². The Morgan fingerprint density at radius 2 is 2.27 bits per heavy atom. The minimum absolute atomic E-state index is 0.100. The number of carbonyl (C=O) groups excluding carboxylic acids is 1. The molecule has 1 aliphatic rings. The topological polar surface area (TPSA) is 32.3 Å². The molecule has 0 atom stereocenters. The first-order valence-corrected chi connectivity index (χ1v) is 4.69. The number of allylic oxidation sites excluding steroid dienone is 3. The Hall–Kier alpha value is -1.95. The molecule has 1 N–H and O–H groups in total. The smallest absolute Gasteiger partial charge is 0.321 e. The molecule has 3 nitrogen and oxygen atoms in total. The highest BCUT2D eigenvalue weighted by Gasteiger charge is 2.20. The Morgan fingerprint density at radius 1 is 1.53 bits per heavy atom. The molecule has 1 heterocycles. The Bertz CT molecular complexity index is 382. The standard InChI is InChI=1S/C12H14N2O/c1-4-5-10(2)6-7-11(3)14-9-8-13-12(14)15/h6-7H,2-3,8-9H2,1H3,(H,13,15)/b7-6-. The lowest BCUT2D eigenvalue weighted by atomic mass is 10.2. The third kappa shape index (κ3) is 3.03. The van der Waals surface area contributed by atoms with Gasteiger partial charge in [-0.05, 0) is 19.1 Å². The van der Waals surface area contributed by atoms with E-state index in [2.05, 4.69) is 30.3 Å². The van der Waals surface area contributed by atoms with Crippen LogP contribution in [0.3, 0.4) is 0 Å². The molecule has 0 aliphatic carbocycles. The number of urea groups is 1. The Kier molecular flexibility index (Phi) is 3.75. The molecule has 0 unspecified atom stereocenters. The van der Waals surface area contributed by atoms with Crippen molar-refractivity contribution in [2.75, 3.05) is 13.1 Å². The number of rotatable bonds is 3. The molecule has 78 valence electrons. The minimum Gasteiger partial charge on any atom is -0.336 e. The van der Waals surface area contributed by atoms with Crippen molar-refractivity contribution in [3.63, 3.8) is 0 Å². The van der Waals surface area contributed by atoms with Crippen LogP contribution in [0.15, 0.2) is 36.6 Å². The van der Waals surface area contributed by atoms with Crippen LogP contribution in [0.25, 0.3) is 0 Å². The SMILES string of the molecule is C=C(C#CC)/C=C\C(=C)N1CCNC1=O. The second kappa shape index (κ2) is 5.06. The normalized spacial score (nSPS) is 14.7. The second-order valence-corrected chi connectivity index (χ2v) is 3.11. The molecule has 0 aromatic heterocycles. The molecule has 3 heteroatoms. The zero-order valence-electron chi connectivity index (χ0n) is 8.84. The van der Waals surface area contributed by atoms with Crippen molar-refractivity contribution in [1.29, 1.82) is 0 Å². The van der Waals surface area contributed by atoms with Crippen molar-refractivity contribution in [2.45, 2.75) is 6.92 Å². The average molecular weight is 202 g/mol. The maximum Gasteiger partial charge on any atom is 0.321 e. The van der Waals surface area contributed by atoms with Gasteiger partial charge >= 0.3 is 6.03 Å². The van der Waals surface area contributed by atoms with Gasteiger partial charge < -0.3 is 5.32 Å². The number of carbonyl (C=O) groups is 1. The van der Waals surface area contributed by atoms with Crippen LogP contribution < -0.4 is 5.32 Å². The fourth-order valence-electron chi connectivity index (χ4n) is 1.23. The van der Waals surface area contributed by atoms with E-state index in [4.69, 9.17) is 0 Å². The summed E-state index contributed by atoms with van der Waals surface area (Å²) in [4.78, 5) is 12.8. The number of hydrogen-bond donors (Lipinski definition) is 1. The van der Waals surface area contributed by atoms with Crippen LogP contribution in [0, 0.1) is 11.8 Å². The third-order valence-electron chi connectivity index (χ3n) is 1.97. The average Bonchev–Trinajstić information content (AvgIpc) is 2.61. The molecular formula is C12H14N2O. The van der Waals surface area contributed by atoms with Crippen LogP contribution >= 0.6 is 0 Å². The lowest BCUT2D eigenvalue weighted by Gasteiger charge is -2.13. The molecule has 0 radical (unpaired) electrons. The first-order chi connectivity index (χ1) is 7.15. The molecule has 15 heavy (non-hydrogen) atoms. The largest absolute Gasteiger partial charge is 0.336 e. The van der Waals surface area contributed by atoms with Crippen molar-refractivity contribution in [2.24, 2.45) is 0 Å². The van der Waals surface area contributed by atoms with Crippen LogP contribution in [-0.2, 0) is 0 Å². The van der Waals surface area contributed by atoms with Crippen LogP contribution in [0.1, 0.15) is 6.92 Å². The summed E-state index contributed by atoms with van der Waals surface area (Å²) in [6, 6.07) is -0.100. The van der Waals surface area contributed by atoms with E-state index < -0.39 is 0 Å². The molecule has 0 bridgehead atoms. The predicted octanol–water partition coefficient (Wildman–Crippen LogP) is 1.66. The summed E-state index contributed by atoms with van der Waals surface area (Å²) in [5, 5.41) is 2.71. The predicted molar refractivity (Wildman–Crippen MR) is 61.0 cm³/mol. The van der Waals surface area contributed by atoms with Crippen LogP contribution in [0.5, 0.6) is 0 Å². The zero-order chi connectivity index (χ0) is 11.3. The quantitative estimate of drug-likeness (QED) is 0.548.